The second-order valence-electron chi connectivity index (χ2n) is 10.4. The highest BCUT2D eigenvalue weighted by Crippen LogP contribution is 2.48. The van der Waals surface area contributed by atoms with Gasteiger partial charge in [0.1, 0.15) is 11.5 Å². The third-order valence-electron chi connectivity index (χ3n) is 7.26. The predicted octanol–water partition coefficient (Wildman–Crippen LogP) is 9.10. The lowest BCUT2D eigenvalue weighted by molar-refractivity contribution is 0.331. The Balaban J connectivity index is 0.000000201. The molecule has 0 heterocycles. The molecular weight excluding hydrogens is 428 g/mol. The van der Waals surface area contributed by atoms with Gasteiger partial charge in [-0.25, -0.2) is 0 Å². The highest BCUT2D eigenvalue weighted by molar-refractivity contribution is 6.00. The summed E-state index contributed by atoms with van der Waals surface area (Å²) in [5.74, 6) is 2.10. The van der Waals surface area contributed by atoms with Gasteiger partial charge in [-0.1, -0.05) is 74.0 Å². The molecular formula is C33H42O2. The van der Waals surface area contributed by atoms with Crippen LogP contribution in [0.5, 0.6) is 11.5 Å². The highest BCUT2D eigenvalue weighted by atomic mass is 16.5. The topological polar surface area (TPSA) is 18.5 Å². The Labute approximate surface area is 212 Å². The van der Waals surface area contributed by atoms with Crippen LogP contribution in [0.1, 0.15) is 82.1 Å². The van der Waals surface area contributed by atoms with Gasteiger partial charge in [-0.15, -0.1) is 0 Å². The third-order valence-corrected chi connectivity index (χ3v) is 7.26. The van der Waals surface area contributed by atoms with Crippen molar-refractivity contribution in [2.24, 2.45) is 5.41 Å². The van der Waals surface area contributed by atoms with Crippen molar-refractivity contribution in [3.63, 3.8) is 0 Å². The molecule has 1 fully saturated rings. The lowest BCUT2D eigenvalue weighted by Gasteiger charge is -2.27. The van der Waals surface area contributed by atoms with E-state index in [4.69, 9.17) is 9.47 Å². The normalized spacial score (nSPS) is 16.9. The zero-order valence-electron chi connectivity index (χ0n) is 22.4. The molecule has 2 aliphatic rings. The fourth-order valence-corrected chi connectivity index (χ4v) is 5.34. The first kappa shape index (κ1) is 25.4. The summed E-state index contributed by atoms with van der Waals surface area (Å²) in [4.78, 5) is 0. The number of rotatable bonds is 7. The number of allylic oxidation sites excluding steroid dienone is 2. The van der Waals surface area contributed by atoms with Gasteiger partial charge in [-0.05, 0) is 82.3 Å². The van der Waals surface area contributed by atoms with Crippen molar-refractivity contribution in [1.82, 2.24) is 0 Å². The maximum atomic E-state index is 6.13. The van der Waals surface area contributed by atoms with Crippen LogP contribution in [0, 0.1) is 12.3 Å². The Bertz CT molecular complexity index is 1180. The molecule has 0 radical (unpaired) electrons. The van der Waals surface area contributed by atoms with Crippen LogP contribution in [0.3, 0.4) is 0 Å². The van der Waals surface area contributed by atoms with E-state index in [0.717, 1.165) is 30.8 Å². The molecule has 2 nitrogen and oxygen atoms in total. The predicted molar refractivity (Wildman–Crippen MR) is 150 cm³/mol. The van der Waals surface area contributed by atoms with E-state index >= 15 is 0 Å². The summed E-state index contributed by atoms with van der Waals surface area (Å²) >= 11 is 0. The summed E-state index contributed by atoms with van der Waals surface area (Å²) in [6.07, 6.45) is 10.9. The van der Waals surface area contributed by atoms with Crippen LogP contribution in [0.15, 0.2) is 54.6 Å². The Morgan fingerprint density at radius 3 is 2.17 bits per heavy atom. The molecule has 2 heteroatoms. The molecule has 0 bridgehead atoms. The average Bonchev–Trinajstić information content (AvgIpc) is 3.58. The van der Waals surface area contributed by atoms with Gasteiger partial charge in [-0.2, -0.15) is 0 Å². The molecule has 2 aliphatic carbocycles. The lowest BCUT2D eigenvalue weighted by Crippen LogP contribution is -2.10. The van der Waals surface area contributed by atoms with Gasteiger partial charge in [0.2, 0.25) is 0 Å². The van der Waals surface area contributed by atoms with Crippen molar-refractivity contribution in [2.45, 2.75) is 79.6 Å². The largest absolute Gasteiger partial charge is 0.493 e. The summed E-state index contributed by atoms with van der Waals surface area (Å²) < 4.78 is 12.2. The molecule has 0 saturated heterocycles. The third kappa shape index (κ3) is 5.92. The van der Waals surface area contributed by atoms with E-state index in [2.05, 4.69) is 89.2 Å². The van der Waals surface area contributed by atoms with E-state index in [-0.39, 0.29) is 0 Å². The van der Waals surface area contributed by atoms with Gasteiger partial charge in [-0.3, -0.25) is 0 Å². The smallest absolute Gasteiger partial charge is 0.135 e. The molecule has 0 aromatic heterocycles. The van der Waals surface area contributed by atoms with Crippen LogP contribution in [-0.4, -0.2) is 13.2 Å². The number of fused-ring (bicyclic) bond motifs is 2. The van der Waals surface area contributed by atoms with Crippen molar-refractivity contribution in [2.75, 3.05) is 13.2 Å². The molecule has 0 aliphatic heterocycles. The van der Waals surface area contributed by atoms with Gasteiger partial charge >= 0.3 is 0 Å². The monoisotopic (exact) mass is 470 g/mol. The molecule has 0 unspecified atom stereocenters. The number of aryl methyl sites for hydroxylation is 1. The summed E-state index contributed by atoms with van der Waals surface area (Å²) in [5.41, 5.74) is 7.59. The van der Waals surface area contributed by atoms with E-state index in [1.807, 2.05) is 0 Å². The lowest BCUT2D eigenvalue weighted by atomic mass is 9.83. The van der Waals surface area contributed by atoms with Gasteiger partial charge in [0.15, 0.2) is 0 Å². The minimum atomic E-state index is 0.647. The average molecular weight is 471 g/mol. The molecule has 3 aromatic carbocycles. The maximum absolute atomic E-state index is 6.13. The van der Waals surface area contributed by atoms with Crippen LogP contribution in [0.4, 0.5) is 0 Å². The van der Waals surface area contributed by atoms with Crippen molar-refractivity contribution in [3.8, 4) is 11.5 Å². The van der Waals surface area contributed by atoms with Crippen molar-refractivity contribution >= 4 is 16.3 Å². The van der Waals surface area contributed by atoms with E-state index in [0.29, 0.717) is 18.6 Å². The Kier molecular flexibility index (Phi) is 8.21. The Morgan fingerprint density at radius 2 is 1.54 bits per heavy atom. The summed E-state index contributed by atoms with van der Waals surface area (Å²) in [5, 5.41) is 2.34. The van der Waals surface area contributed by atoms with Crippen LogP contribution in [0.2, 0.25) is 0 Å². The van der Waals surface area contributed by atoms with Crippen LogP contribution < -0.4 is 9.47 Å². The molecule has 0 amide bonds. The van der Waals surface area contributed by atoms with E-state index in [1.54, 1.807) is 0 Å². The summed E-state index contributed by atoms with van der Waals surface area (Å²) in [7, 11) is 0. The number of hydrogen-bond acceptors (Lipinski definition) is 2. The van der Waals surface area contributed by atoms with Crippen LogP contribution in [-0.2, 0) is 12.8 Å². The summed E-state index contributed by atoms with van der Waals surface area (Å²) in [6.45, 7) is 12.2. The SMILES string of the molecule is CC/C=C1/CCCc2c1c(OCC)c1ccccc1c2OCC.Cc1cccc(CC2(C)CC2)c1. The molecule has 0 atom stereocenters. The first-order valence-corrected chi connectivity index (χ1v) is 13.6. The second kappa shape index (κ2) is 11.3. The molecule has 1 saturated carbocycles. The quantitative estimate of drug-likeness (QED) is 0.343. The van der Waals surface area contributed by atoms with Crippen molar-refractivity contribution in [1.29, 1.82) is 0 Å². The fraction of sp³-hybridized carbons (Fsp3) is 0.455. The van der Waals surface area contributed by atoms with E-state index in [1.165, 1.54) is 64.3 Å². The summed E-state index contributed by atoms with van der Waals surface area (Å²) in [6, 6.07) is 17.4. The maximum Gasteiger partial charge on any atom is 0.135 e. The standard InChI is InChI=1S/C21H26O2.C12H16/c1-4-10-15-11-9-14-18-19(15)21(23-6-3)17-13-8-7-12-16(17)20(18)22-5-2;1-10-4-3-5-11(8-10)9-12(2)6-7-12/h7-8,10,12-13H,4-6,9,11,14H2,1-3H3;3-5,8H,6-7,9H2,1-2H3/b15-10-;. The number of ether oxygens (including phenoxy) is 2. The molecule has 186 valence electrons. The van der Waals surface area contributed by atoms with Gasteiger partial charge in [0, 0.05) is 21.9 Å². The van der Waals surface area contributed by atoms with Crippen LogP contribution >= 0.6 is 0 Å². The van der Waals surface area contributed by atoms with Crippen LogP contribution in [0.25, 0.3) is 16.3 Å². The Hall–Kier alpha value is -2.74. The van der Waals surface area contributed by atoms with Crippen molar-refractivity contribution in [3.05, 3.63) is 76.9 Å². The van der Waals surface area contributed by atoms with Gasteiger partial charge in [0.05, 0.1) is 13.2 Å². The molecule has 0 N–H and O–H groups in total. The number of benzene rings is 3. The van der Waals surface area contributed by atoms with Crippen molar-refractivity contribution < 1.29 is 9.47 Å². The van der Waals surface area contributed by atoms with Gasteiger partial charge in [0.25, 0.3) is 0 Å². The number of hydrogen-bond donors (Lipinski definition) is 0. The first-order valence-electron chi connectivity index (χ1n) is 13.6. The minimum Gasteiger partial charge on any atom is -0.493 e. The first-order chi connectivity index (χ1) is 17.0. The van der Waals surface area contributed by atoms with E-state index in [9.17, 15) is 0 Å². The zero-order chi connectivity index (χ0) is 24.8. The molecule has 5 rings (SSSR count). The molecule has 35 heavy (non-hydrogen) atoms. The van der Waals surface area contributed by atoms with E-state index < -0.39 is 0 Å². The molecule has 3 aromatic rings. The Morgan fingerprint density at radius 1 is 0.857 bits per heavy atom. The molecule has 0 spiro atoms. The van der Waals surface area contributed by atoms with Gasteiger partial charge < -0.3 is 9.47 Å². The minimum absolute atomic E-state index is 0.647. The zero-order valence-corrected chi connectivity index (χ0v) is 22.4. The second-order valence-corrected chi connectivity index (χ2v) is 10.4. The highest BCUT2D eigenvalue weighted by Gasteiger charge is 2.36. The fourth-order valence-electron chi connectivity index (χ4n) is 5.34.